The molecule has 0 aliphatic carbocycles. The van der Waals surface area contributed by atoms with Crippen LogP contribution in [0.1, 0.15) is 15.4 Å². The number of anilines is 1. The highest BCUT2D eigenvalue weighted by molar-refractivity contribution is 7.17. The van der Waals surface area contributed by atoms with Crippen molar-refractivity contribution in [1.82, 2.24) is 15.2 Å². The molecule has 2 aromatic heterocycles. The van der Waals surface area contributed by atoms with E-state index < -0.39 is 0 Å². The fraction of sp³-hybridized carbons (Fsp3) is 0.150. The number of benzene rings is 2. The molecule has 8 heteroatoms. The molecule has 0 spiro atoms. The van der Waals surface area contributed by atoms with E-state index in [1.165, 1.54) is 11.3 Å². The van der Waals surface area contributed by atoms with Crippen molar-refractivity contribution in [2.75, 3.05) is 19.5 Å². The Morgan fingerprint density at radius 2 is 1.96 bits per heavy atom. The molecule has 0 atom stereocenters. The highest BCUT2D eigenvalue weighted by atomic mass is 32.1. The first kappa shape index (κ1) is 18.0. The van der Waals surface area contributed by atoms with Crippen LogP contribution in [-0.2, 0) is 0 Å². The number of H-pyrrole nitrogens is 1. The Labute approximate surface area is 165 Å². The van der Waals surface area contributed by atoms with Gasteiger partial charge in [-0.05, 0) is 31.2 Å². The Hall–Kier alpha value is -3.39. The summed E-state index contributed by atoms with van der Waals surface area (Å²) < 4.78 is 10.6. The zero-order chi connectivity index (χ0) is 19.7. The van der Waals surface area contributed by atoms with E-state index in [0.717, 1.165) is 21.5 Å². The molecular weight excluding hydrogens is 376 g/mol. The Morgan fingerprint density at radius 1 is 1.14 bits per heavy atom. The SMILES string of the molecule is COc1ccc(-c2nc(C)c(C(=O)Nc3cccc4cn[nH]c34)s2)cc1OC. The minimum Gasteiger partial charge on any atom is -0.493 e. The lowest BCUT2D eigenvalue weighted by Gasteiger charge is -2.08. The van der Waals surface area contributed by atoms with Gasteiger partial charge in [-0.3, -0.25) is 9.89 Å². The molecule has 142 valence electrons. The normalized spacial score (nSPS) is 10.8. The molecule has 0 saturated heterocycles. The molecule has 0 saturated carbocycles. The average molecular weight is 394 g/mol. The molecule has 2 heterocycles. The number of carbonyl (C=O) groups is 1. The largest absolute Gasteiger partial charge is 0.493 e. The second kappa shape index (κ2) is 7.32. The predicted molar refractivity (Wildman–Crippen MR) is 109 cm³/mol. The van der Waals surface area contributed by atoms with Gasteiger partial charge in [0.2, 0.25) is 0 Å². The van der Waals surface area contributed by atoms with E-state index in [-0.39, 0.29) is 5.91 Å². The van der Waals surface area contributed by atoms with Crippen LogP contribution in [0.15, 0.2) is 42.6 Å². The third-order valence-corrected chi connectivity index (χ3v) is 5.56. The topological polar surface area (TPSA) is 89.1 Å². The average Bonchev–Trinajstić information content (AvgIpc) is 3.34. The number of hydrogen-bond donors (Lipinski definition) is 2. The fourth-order valence-electron chi connectivity index (χ4n) is 2.95. The fourth-order valence-corrected chi connectivity index (χ4v) is 3.91. The summed E-state index contributed by atoms with van der Waals surface area (Å²) in [4.78, 5) is 18.0. The van der Waals surface area contributed by atoms with E-state index in [0.29, 0.717) is 27.8 Å². The van der Waals surface area contributed by atoms with Crippen molar-refractivity contribution in [2.24, 2.45) is 0 Å². The summed E-state index contributed by atoms with van der Waals surface area (Å²) >= 11 is 1.33. The molecule has 0 fully saturated rings. The first-order valence-corrected chi connectivity index (χ1v) is 9.35. The van der Waals surface area contributed by atoms with Crippen LogP contribution in [0.2, 0.25) is 0 Å². The van der Waals surface area contributed by atoms with Crippen molar-refractivity contribution in [1.29, 1.82) is 0 Å². The minimum atomic E-state index is -0.205. The molecule has 4 aromatic rings. The van der Waals surface area contributed by atoms with Gasteiger partial charge in [0, 0.05) is 10.9 Å². The van der Waals surface area contributed by atoms with E-state index in [9.17, 15) is 4.79 Å². The standard InChI is InChI=1S/C20H18N4O3S/c1-11-18(19(25)23-14-6-4-5-13-10-21-24-17(13)14)28-20(22-11)12-7-8-15(26-2)16(9-12)27-3/h4-10H,1-3H3,(H,21,24)(H,23,25). The van der Waals surface area contributed by atoms with Crippen LogP contribution in [0.25, 0.3) is 21.5 Å². The first-order chi connectivity index (χ1) is 13.6. The van der Waals surface area contributed by atoms with E-state index >= 15 is 0 Å². The van der Waals surface area contributed by atoms with Crippen molar-refractivity contribution in [3.05, 3.63) is 53.2 Å². The number of carbonyl (C=O) groups excluding carboxylic acids is 1. The summed E-state index contributed by atoms with van der Waals surface area (Å²) in [5.74, 6) is 1.05. The van der Waals surface area contributed by atoms with E-state index in [1.54, 1.807) is 20.4 Å². The summed E-state index contributed by atoms with van der Waals surface area (Å²) in [6.45, 7) is 1.83. The van der Waals surface area contributed by atoms with E-state index in [2.05, 4.69) is 20.5 Å². The molecule has 0 aliphatic heterocycles. The van der Waals surface area contributed by atoms with Crippen LogP contribution in [-0.4, -0.2) is 35.3 Å². The minimum absolute atomic E-state index is 0.205. The summed E-state index contributed by atoms with van der Waals surface area (Å²) in [6.07, 6.45) is 1.72. The molecule has 0 radical (unpaired) electrons. The van der Waals surface area contributed by atoms with Crippen molar-refractivity contribution < 1.29 is 14.3 Å². The van der Waals surface area contributed by atoms with E-state index in [4.69, 9.17) is 9.47 Å². The summed E-state index contributed by atoms with van der Waals surface area (Å²) in [5.41, 5.74) is 3.00. The monoisotopic (exact) mass is 394 g/mol. The number of nitrogens with zero attached hydrogens (tertiary/aromatic N) is 2. The number of thiazole rings is 1. The number of methoxy groups -OCH3 is 2. The van der Waals surface area contributed by atoms with Gasteiger partial charge in [-0.15, -0.1) is 11.3 Å². The Kier molecular flexibility index (Phi) is 4.70. The van der Waals surface area contributed by atoms with Gasteiger partial charge in [-0.25, -0.2) is 4.98 Å². The van der Waals surface area contributed by atoms with Crippen LogP contribution >= 0.6 is 11.3 Å². The third kappa shape index (κ3) is 3.18. The van der Waals surface area contributed by atoms with Gasteiger partial charge in [-0.2, -0.15) is 5.10 Å². The quantitative estimate of drug-likeness (QED) is 0.528. The Balaban J connectivity index is 1.64. The number of rotatable bonds is 5. The second-order valence-electron chi connectivity index (χ2n) is 6.10. The van der Waals surface area contributed by atoms with Crippen LogP contribution in [0.3, 0.4) is 0 Å². The van der Waals surface area contributed by atoms with Crippen molar-refractivity contribution >= 4 is 33.8 Å². The zero-order valence-electron chi connectivity index (χ0n) is 15.6. The van der Waals surface area contributed by atoms with Crippen molar-refractivity contribution in [3.63, 3.8) is 0 Å². The summed E-state index contributed by atoms with van der Waals surface area (Å²) in [5, 5.41) is 11.6. The Bertz CT molecular complexity index is 1170. The van der Waals surface area contributed by atoms with Crippen LogP contribution < -0.4 is 14.8 Å². The summed E-state index contributed by atoms with van der Waals surface area (Å²) in [7, 11) is 3.18. The number of fused-ring (bicyclic) bond motifs is 1. The highest BCUT2D eigenvalue weighted by Crippen LogP contribution is 2.35. The van der Waals surface area contributed by atoms with Crippen molar-refractivity contribution in [3.8, 4) is 22.1 Å². The molecule has 7 nitrogen and oxygen atoms in total. The number of aryl methyl sites for hydroxylation is 1. The number of amides is 1. The lowest BCUT2D eigenvalue weighted by molar-refractivity contribution is 0.103. The highest BCUT2D eigenvalue weighted by Gasteiger charge is 2.18. The molecule has 2 N–H and O–H groups in total. The smallest absolute Gasteiger partial charge is 0.267 e. The number of hydrogen-bond acceptors (Lipinski definition) is 6. The Morgan fingerprint density at radius 3 is 2.75 bits per heavy atom. The lowest BCUT2D eigenvalue weighted by Crippen LogP contribution is -2.11. The molecule has 1 amide bonds. The lowest BCUT2D eigenvalue weighted by atomic mass is 10.2. The van der Waals surface area contributed by atoms with Gasteiger partial charge in [0.25, 0.3) is 5.91 Å². The third-order valence-electron chi connectivity index (χ3n) is 4.36. The van der Waals surface area contributed by atoms with E-state index in [1.807, 2.05) is 43.3 Å². The number of para-hydroxylation sites is 1. The molecule has 0 unspecified atom stereocenters. The van der Waals surface area contributed by atoms with Gasteiger partial charge in [0.1, 0.15) is 9.88 Å². The number of ether oxygens (including phenoxy) is 2. The number of nitrogens with one attached hydrogen (secondary N) is 2. The summed E-state index contributed by atoms with van der Waals surface area (Å²) in [6, 6.07) is 11.2. The molecule has 2 aromatic carbocycles. The van der Waals surface area contributed by atoms with Gasteiger partial charge in [0.05, 0.1) is 37.3 Å². The first-order valence-electron chi connectivity index (χ1n) is 8.54. The van der Waals surface area contributed by atoms with Gasteiger partial charge >= 0.3 is 0 Å². The number of aromatic amines is 1. The number of aromatic nitrogens is 3. The maximum atomic E-state index is 12.8. The van der Waals surface area contributed by atoms with Gasteiger partial charge in [-0.1, -0.05) is 12.1 Å². The van der Waals surface area contributed by atoms with Crippen LogP contribution in [0.4, 0.5) is 5.69 Å². The maximum Gasteiger partial charge on any atom is 0.267 e. The predicted octanol–water partition coefficient (Wildman–Crippen LogP) is 4.26. The van der Waals surface area contributed by atoms with Gasteiger partial charge < -0.3 is 14.8 Å². The van der Waals surface area contributed by atoms with Crippen LogP contribution in [0, 0.1) is 6.92 Å². The van der Waals surface area contributed by atoms with Crippen LogP contribution in [0.5, 0.6) is 11.5 Å². The molecule has 0 bridgehead atoms. The molecular formula is C20H18N4O3S. The molecule has 28 heavy (non-hydrogen) atoms. The second-order valence-corrected chi connectivity index (χ2v) is 7.10. The zero-order valence-corrected chi connectivity index (χ0v) is 16.4. The molecule has 0 aliphatic rings. The maximum absolute atomic E-state index is 12.8. The van der Waals surface area contributed by atoms with Gasteiger partial charge in [0.15, 0.2) is 11.5 Å². The molecule has 4 rings (SSSR count). The van der Waals surface area contributed by atoms with Crippen molar-refractivity contribution in [2.45, 2.75) is 6.92 Å².